The molecule has 1 nitrogen and oxygen atoms in total. The molecule has 14 aromatic rings. The molecule has 0 unspecified atom stereocenters. The van der Waals surface area contributed by atoms with Crippen molar-refractivity contribution in [3.8, 4) is 162 Å². The molecule has 0 fully saturated rings. The van der Waals surface area contributed by atoms with Gasteiger partial charge in [0.1, 0.15) is 5.41 Å². The summed E-state index contributed by atoms with van der Waals surface area (Å²) in [6.07, 6.45) is 24.6. The molecule has 0 amide bonds. The molecule has 0 bridgehead atoms. The normalized spacial score (nSPS) is 13.5. The molecular weight excluding hydrogens is 1410 g/mol. The number of unbranched alkanes of at least 4 members (excludes halogenated alkanes) is 4. The quantitative estimate of drug-likeness (QED) is 0.0576. The fourth-order valence-corrected chi connectivity index (χ4v) is 20.6. The number of hydrogen-bond donors (Lipinski definition) is 0. The van der Waals surface area contributed by atoms with E-state index in [1.165, 1.54) is 111 Å². The number of hydrogen-bond acceptors (Lipinski definition) is 1. The molecule has 1 heteroatoms. The zero-order valence-corrected chi connectivity index (χ0v) is 67.6. The van der Waals surface area contributed by atoms with Crippen LogP contribution in [0.3, 0.4) is 0 Å². The van der Waals surface area contributed by atoms with E-state index in [1.54, 1.807) is 0 Å². The third-order valence-electron chi connectivity index (χ3n) is 25.8. The average Bonchev–Trinajstić information content (AvgIpc) is 1.56. The molecule has 558 valence electrons. The molecule has 0 saturated heterocycles. The molecular formula is C116H89N. The minimum Gasteiger partial charge on any atom is -0.310 e. The van der Waals surface area contributed by atoms with Crippen molar-refractivity contribution in [1.29, 1.82) is 0 Å². The van der Waals surface area contributed by atoms with Crippen LogP contribution in [0.2, 0.25) is 0 Å². The van der Waals surface area contributed by atoms with Crippen LogP contribution in [0.15, 0.2) is 273 Å². The van der Waals surface area contributed by atoms with Gasteiger partial charge in [0.05, 0.1) is 5.41 Å². The van der Waals surface area contributed by atoms with Crippen LogP contribution >= 0.6 is 0 Å². The van der Waals surface area contributed by atoms with Crippen molar-refractivity contribution in [2.45, 2.75) is 140 Å². The van der Waals surface area contributed by atoms with E-state index in [9.17, 15) is 0 Å². The molecule has 0 aromatic heterocycles. The lowest BCUT2D eigenvalue weighted by Gasteiger charge is -2.35. The highest BCUT2D eigenvalue weighted by Gasteiger charge is 2.49. The van der Waals surface area contributed by atoms with Gasteiger partial charge in [0, 0.05) is 27.9 Å². The summed E-state index contributed by atoms with van der Waals surface area (Å²) in [4.78, 5) is 2.55. The van der Waals surface area contributed by atoms with Gasteiger partial charge in [-0.15, -0.1) is 12.8 Å². The number of anilines is 3. The zero-order chi connectivity index (χ0) is 79.8. The molecule has 0 radical (unpaired) electrons. The van der Waals surface area contributed by atoms with Crippen molar-refractivity contribution in [1.82, 2.24) is 0 Å². The Morgan fingerprint density at radius 2 is 0.598 bits per heavy atom. The lowest BCUT2D eigenvalue weighted by atomic mass is 9.67. The molecule has 0 atom stereocenters. The SMILES string of the molecule is C#CC#CC#CC#CC1(C#CC#CC#CC#C)c2cc(-c3cc4c5ccccc5c(-c5ccc6c(c5)C(c5ccccc5)(c5ccccc5)c5ccccc5-6)cc4c4ccccc34)ccc2-c2ccc(N(c3ccc4c(c3)C(CCCC)(CCCC)c3cc(C)ccc3-4)c3ccc4c(c3)C(CCCC)(CCCC)c3cc(C)ccc3-4)cc21. The summed E-state index contributed by atoms with van der Waals surface area (Å²) in [6.45, 7) is 13.9. The predicted molar refractivity (Wildman–Crippen MR) is 492 cm³/mol. The van der Waals surface area contributed by atoms with E-state index in [4.69, 9.17) is 12.8 Å². The van der Waals surface area contributed by atoms with Gasteiger partial charge in [0.15, 0.2) is 0 Å². The van der Waals surface area contributed by atoms with Crippen LogP contribution in [0.5, 0.6) is 0 Å². The number of aryl methyl sites for hydroxylation is 2. The van der Waals surface area contributed by atoms with Crippen molar-refractivity contribution in [3.05, 3.63) is 340 Å². The van der Waals surface area contributed by atoms with Crippen molar-refractivity contribution in [2.24, 2.45) is 0 Å². The Hall–Kier alpha value is -13.9. The van der Waals surface area contributed by atoms with Gasteiger partial charge in [-0.25, -0.2) is 0 Å². The second kappa shape index (κ2) is 31.2. The Morgan fingerprint density at radius 3 is 1.04 bits per heavy atom. The molecule has 0 N–H and O–H groups in total. The van der Waals surface area contributed by atoms with E-state index in [2.05, 4.69) is 402 Å². The van der Waals surface area contributed by atoms with E-state index in [0.29, 0.717) is 0 Å². The van der Waals surface area contributed by atoms with Crippen LogP contribution in [0.25, 0.3) is 99.1 Å². The summed E-state index contributed by atoms with van der Waals surface area (Å²) in [5.74, 6) is 42.2. The molecule has 0 heterocycles. The second-order valence-electron chi connectivity index (χ2n) is 32.3. The van der Waals surface area contributed by atoms with E-state index in [1.807, 2.05) is 0 Å². The zero-order valence-electron chi connectivity index (χ0n) is 67.6. The number of terminal acetylenes is 2. The van der Waals surface area contributed by atoms with Crippen LogP contribution < -0.4 is 4.90 Å². The first-order valence-corrected chi connectivity index (χ1v) is 41.9. The molecule has 0 aliphatic heterocycles. The predicted octanol–water partition coefficient (Wildman–Crippen LogP) is 27.8. The number of rotatable bonds is 19. The van der Waals surface area contributed by atoms with Gasteiger partial charge in [-0.2, -0.15) is 0 Å². The van der Waals surface area contributed by atoms with Gasteiger partial charge in [-0.1, -0.05) is 314 Å². The standard InChI is InChI=1S/C116H89N/c1-9-15-21-23-25-39-69-115(70-40-26-24-22-16-10-2)108-73-82(101-78-103-92-48-36-34-46-90(92)102(79-104(103)91-47-35-33-45-89(91)101)83-54-61-100-93-49-37-38-50-105(93)116(112(100)74-83,84-41-29-27-30-42-84)85-43-31-28-32-44-85)53-60-96(108)99-64-57-88(77-111(99)115)117(86-55-62-97-94-58-51-80(7)71-106(94)113(65-17-11-3,66-18-12-4)109(97)75-86)87-56-63-98-95-59-52-81(8)72-107(95)114(67-19-13-5,68-20-14-6)110(98)76-87/h1-2,27-38,41-64,71-79H,11-14,17-20,65-68H2,3-8H3. The van der Waals surface area contributed by atoms with Crippen LogP contribution in [-0.4, -0.2) is 0 Å². The fourth-order valence-electron chi connectivity index (χ4n) is 20.6. The topological polar surface area (TPSA) is 3.24 Å². The molecule has 117 heavy (non-hydrogen) atoms. The first-order valence-electron chi connectivity index (χ1n) is 41.9. The summed E-state index contributed by atoms with van der Waals surface area (Å²) in [6, 6.07) is 104. The van der Waals surface area contributed by atoms with Crippen molar-refractivity contribution >= 4 is 49.4 Å². The molecule has 14 aromatic carbocycles. The van der Waals surface area contributed by atoms with Crippen molar-refractivity contribution in [3.63, 3.8) is 0 Å². The van der Waals surface area contributed by atoms with Crippen molar-refractivity contribution in [2.75, 3.05) is 4.90 Å². The minimum absolute atomic E-state index is 0.171. The van der Waals surface area contributed by atoms with E-state index in [0.717, 1.165) is 149 Å². The third kappa shape index (κ3) is 12.3. The van der Waals surface area contributed by atoms with Crippen LogP contribution in [0, 0.1) is 110 Å². The van der Waals surface area contributed by atoms with Gasteiger partial charge in [-0.3, -0.25) is 0 Å². The maximum absolute atomic E-state index is 5.67. The Bertz CT molecular complexity index is 6670. The van der Waals surface area contributed by atoms with Crippen LogP contribution in [0.4, 0.5) is 17.1 Å². The van der Waals surface area contributed by atoms with Crippen LogP contribution in [0.1, 0.15) is 172 Å². The summed E-state index contributed by atoms with van der Waals surface area (Å²) >= 11 is 0. The molecule has 4 aliphatic carbocycles. The molecule has 4 aliphatic rings. The first kappa shape index (κ1) is 74.5. The van der Waals surface area contributed by atoms with Gasteiger partial charge < -0.3 is 4.90 Å². The van der Waals surface area contributed by atoms with Gasteiger partial charge in [-0.05, 0) is 326 Å². The van der Waals surface area contributed by atoms with Crippen LogP contribution in [-0.2, 0) is 21.7 Å². The largest absolute Gasteiger partial charge is 0.310 e. The minimum atomic E-state index is -1.32. The summed E-state index contributed by atoms with van der Waals surface area (Å²) < 4.78 is 0. The third-order valence-corrected chi connectivity index (χ3v) is 25.8. The highest BCUT2D eigenvalue weighted by Crippen LogP contribution is 2.62. The second-order valence-corrected chi connectivity index (χ2v) is 32.3. The molecule has 18 rings (SSSR count). The maximum atomic E-state index is 5.67. The van der Waals surface area contributed by atoms with E-state index in [-0.39, 0.29) is 10.8 Å². The van der Waals surface area contributed by atoms with Gasteiger partial charge >= 0.3 is 0 Å². The number of fused-ring (bicyclic) bond motifs is 17. The first-order chi connectivity index (χ1) is 57.6. The Labute approximate surface area is 692 Å². The highest BCUT2D eigenvalue weighted by molar-refractivity contribution is 6.24. The maximum Gasteiger partial charge on any atom is 0.145 e. The fraction of sp³-hybridized carbons (Fsp3) is 0.190. The summed E-state index contributed by atoms with van der Waals surface area (Å²) in [5.41, 5.74) is 30.5. The Balaban J connectivity index is 0.852. The Kier molecular flexibility index (Phi) is 19.8. The van der Waals surface area contributed by atoms with Crippen molar-refractivity contribution < 1.29 is 0 Å². The Morgan fingerprint density at radius 1 is 0.265 bits per heavy atom. The van der Waals surface area contributed by atoms with E-state index < -0.39 is 10.8 Å². The smallest absolute Gasteiger partial charge is 0.145 e. The van der Waals surface area contributed by atoms with Gasteiger partial charge in [0.2, 0.25) is 0 Å². The lowest BCUT2D eigenvalue weighted by Crippen LogP contribution is -2.28. The van der Waals surface area contributed by atoms with Gasteiger partial charge in [0.25, 0.3) is 0 Å². The average molecular weight is 1500 g/mol. The number of benzene rings is 14. The highest BCUT2D eigenvalue weighted by atomic mass is 15.1. The van der Waals surface area contributed by atoms with E-state index >= 15 is 0 Å². The monoisotopic (exact) mass is 1500 g/mol. The number of nitrogens with zero attached hydrogens (tertiary/aromatic N) is 1. The summed E-state index contributed by atoms with van der Waals surface area (Å²) in [7, 11) is 0. The molecule has 0 saturated carbocycles. The lowest BCUT2D eigenvalue weighted by molar-refractivity contribution is 0.414. The molecule has 0 spiro atoms. The summed E-state index contributed by atoms with van der Waals surface area (Å²) in [5, 5.41) is 6.94.